The third-order valence-corrected chi connectivity index (χ3v) is 6.98. The molecule has 206 valence electrons. The van der Waals surface area contributed by atoms with E-state index in [1.165, 1.54) is 47.9 Å². The third-order valence-electron chi connectivity index (χ3n) is 6.98. The molecule has 0 saturated carbocycles. The van der Waals surface area contributed by atoms with E-state index in [4.69, 9.17) is 14.2 Å². The second kappa shape index (κ2) is 17.5. The van der Waals surface area contributed by atoms with Gasteiger partial charge in [0.05, 0.1) is 21.3 Å². The maximum atomic E-state index is 5.59. The summed E-state index contributed by atoms with van der Waals surface area (Å²) in [6.07, 6.45) is 9.00. The van der Waals surface area contributed by atoms with Gasteiger partial charge in [-0.05, 0) is 111 Å². The summed E-state index contributed by atoms with van der Waals surface area (Å²) in [7, 11) is 5.12. The Balaban J connectivity index is 1.34. The van der Waals surface area contributed by atoms with E-state index in [1.54, 1.807) is 21.3 Å². The molecule has 38 heavy (non-hydrogen) atoms. The average molecular weight is 519 g/mol. The summed E-state index contributed by atoms with van der Waals surface area (Å²) in [5.74, 6) is 2.49. The van der Waals surface area contributed by atoms with E-state index in [0.717, 1.165) is 69.1 Å². The zero-order valence-electron chi connectivity index (χ0n) is 23.6. The standard InChI is InChI=1S/C33H46N2O3/c1-36-31-15-11-14-28(24-31)16-17-29-25-32(37-2)33(38-3)26-30(29)19-23-35-21-10-5-4-9-20-34-22-18-27-12-7-6-8-13-27/h6-8,11-15,24-26,34-35H,4-5,9-10,16-23H2,1-3H3. The first-order chi connectivity index (χ1) is 18.7. The van der Waals surface area contributed by atoms with Crippen LogP contribution in [0.1, 0.15) is 47.9 Å². The smallest absolute Gasteiger partial charge is 0.161 e. The van der Waals surface area contributed by atoms with E-state index in [2.05, 4.69) is 71.3 Å². The monoisotopic (exact) mass is 518 g/mol. The molecular weight excluding hydrogens is 472 g/mol. The highest BCUT2D eigenvalue weighted by Gasteiger charge is 2.12. The maximum Gasteiger partial charge on any atom is 0.161 e. The minimum atomic E-state index is 0.791. The number of unbranched alkanes of at least 4 members (excludes halogenated alkanes) is 3. The van der Waals surface area contributed by atoms with E-state index >= 15 is 0 Å². The molecule has 0 heterocycles. The molecule has 5 nitrogen and oxygen atoms in total. The Morgan fingerprint density at radius 3 is 1.74 bits per heavy atom. The highest BCUT2D eigenvalue weighted by Crippen LogP contribution is 2.31. The molecule has 0 bridgehead atoms. The maximum absolute atomic E-state index is 5.59. The van der Waals surface area contributed by atoms with E-state index in [9.17, 15) is 0 Å². The van der Waals surface area contributed by atoms with E-state index in [-0.39, 0.29) is 0 Å². The predicted molar refractivity (Wildman–Crippen MR) is 158 cm³/mol. The molecule has 3 aromatic rings. The molecule has 3 aromatic carbocycles. The van der Waals surface area contributed by atoms with Crippen LogP contribution in [-0.4, -0.2) is 47.5 Å². The molecule has 0 amide bonds. The van der Waals surface area contributed by atoms with Gasteiger partial charge in [0, 0.05) is 0 Å². The first-order valence-electron chi connectivity index (χ1n) is 14.1. The van der Waals surface area contributed by atoms with Crippen LogP contribution in [0.25, 0.3) is 0 Å². The lowest BCUT2D eigenvalue weighted by Gasteiger charge is -2.16. The van der Waals surface area contributed by atoms with Crippen LogP contribution in [0.2, 0.25) is 0 Å². The number of nitrogens with one attached hydrogen (secondary N) is 2. The van der Waals surface area contributed by atoms with E-state index in [1.807, 2.05) is 6.07 Å². The third kappa shape index (κ3) is 10.4. The lowest BCUT2D eigenvalue weighted by atomic mass is 9.97. The van der Waals surface area contributed by atoms with Crippen molar-refractivity contribution in [1.29, 1.82) is 0 Å². The van der Waals surface area contributed by atoms with Crippen molar-refractivity contribution in [3.8, 4) is 17.2 Å². The molecule has 3 rings (SSSR count). The van der Waals surface area contributed by atoms with Crippen LogP contribution < -0.4 is 24.8 Å². The number of rotatable bonds is 19. The van der Waals surface area contributed by atoms with Crippen LogP contribution in [0.15, 0.2) is 66.7 Å². The molecule has 0 aliphatic heterocycles. The van der Waals surface area contributed by atoms with Crippen molar-refractivity contribution >= 4 is 0 Å². The van der Waals surface area contributed by atoms with Crippen molar-refractivity contribution < 1.29 is 14.2 Å². The first-order valence-corrected chi connectivity index (χ1v) is 14.1. The van der Waals surface area contributed by atoms with Crippen LogP contribution in [0.5, 0.6) is 17.2 Å². The van der Waals surface area contributed by atoms with Crippen molar-refractivity contribution in [3.63, 3.8) is 0 Å². The van der Waals surface area contributed by atoms with Crippen molar-refractivity contribution in [3.05, 3.63) is 89.0 Å². The minimum absolute atomic E-state index is 0.791. The van der Waals surface area contributed by atoms with E-state index < -0.39 is 0 Å². The lowest BCUT2D eigenvalue weighted by Crippen LogP contribution is -2.20. The Labute approximate surface area is 229 Å². The van der Waals surface area contributed by atoms with Crippen LogP contribution in [0.3, 0.4) is 0 Å². The fourth-order valence-electron chi connectivity index (χ4n) is 4.74. The molecule has 0 aliphatic rings. The van der Waals surface area contributed by atoms with Gasteiger partial charge >= 0.3 is 0 Å². The highest BCUT2D eigenvalue weighted by atomic mass is 16.5. The van der Waals surface area contributed by atoms with Gasteiger partial charge in [0.1, 0.15) is 5.75 Å². The molecule has 0 atom stereocenters. The van der Waals surface area contributed by atoms with Gasteiger partial charge in [0.2, 0.25) is 0 Å². The summed E-state index contributed by atoms with van der Waals surface area (Å²) in [5.41, 5.74) is 5.31. The van der Waals surface area contributed by atoms with Crippen LogP contribution in [0, 0.1) is 0 Å². The number of hydrogen-bond donors (Lipinski definition) is 2. The number of hydrogen-bond acceptors (Lipinski definition) is 5. The Kier molecular flexibility index (Phi) is 13.6. The van der Waals surface area contributed by atoms with Crippen LogP contribution in [0.4, 0.5) is 0 Å². The fraction of sp³-hybridized carbons (Fsp3) is 0.455. The normalized spacial score (nSPS) is 10.9. The molecule has 0 aliphatic carbocycles. The summed E-state index contributed by atoms with van der Waals surface area (Å²) < 4.78 is 16.6. The summed E-state index contributed by atoms with van der Waals surface area (Å²) >= 11 is 0. The molecule has 0 unspecified atom stereocenters. The Morgan fingerprint density at radius 1 is 0.500 bits per heavy atom. The predicted octanol–water partition coefficient (Wildman–Crippen LogP) is 6.02. The van der Waals surface area contributed by atoms with Gasteiger partial charge in [-0.15, -0.1) is 0 Å². The van der Waals surface area contributed by atoms with Crippen molar-refractivity contribution in [2.75, 3.05) is 47.5 Å². The first kappa shape index (κ1) is 29.5. The molecule has 0 fully saturated rings. The van der Waals surface area contributed by atoms with Gasteiger partial charge < -0.3 is 24.8 Å². The summed E-state index contributed by atoms with van der Waals surface area (Å²) in [6, 6.07) is 23.3. The van der Waals surface area contributed by atoms with Crippen molar-refractivity contribution in [2.24, 2.45) is 0 Å². The number of methoxy groups -OCH3 is 3. The van der Waals surface area contributed by atoms with Crippen molar-refractivity contribution in [1.82, 2.24) is 10.6 Å². The Hall–Kier alpha value is -3.02. The highest BCUT2D eigenvalue weighted by molar-refractivity contribution is 5.48. The Bertz CT molecular complexity index is 1060. The number of benzene rings is 3. The van der Waals surface area contributed by atoms with E-state index in [0.29, 0.717) is 0 Å². The summed E-state index contributed by atoms with van der Waals surface area (Å²) in [6.45, 7) is 4.19. The van der Waals surface area contributed by atoms with Crippen LogP contribution >= 0.6 is 0 Å². The topological polar surface area (TPSA) is 51.8 Å². The zero-order valence-corrected chi connectivity index (χ0v) is 23.6. The van der Waals surface area contributed by atoms with Crippen molar-refractivity contribution in [2.45, 2.75) is 51.4 Å². The zero-order chi connectivity index (χ0) is 26.8. The van der Waals surface area contributed by atoms with Gasteiger partial charge in [0.25, 0.3) is 0 Å². The molecule has 0 saturated heterocycles. The lowest BCUT2D eigenvalue weighted by molar-refractivity contribution is 0.354. The SMILES string of the molecule is COc1cccc(CCc2cc(OC)c(OC)cc2CCNCCCCCCNCCc2ccccc2)c1. The fourth-order valence-corrected chi connectivity index (χ4v) is 4.74. The quantitative estimate of drug-likeness (QED) is 0.190. The van der Waals surface area contributed by atoms with Gasteiger partial charge in [-0.3, -0.25) is 0 Å². The molecular formula is C33H46N2O3. The van der Waals surface area contributed by atoms with Gasteiger partial charge in [-0.25, -0.2) is 0 Å². The summed E-state index contributed by atoms with van der Waals surface area (Å²) in [4.78, 5) is 0. The second-order valence-electron chi connectivity index (χ2n) is 9.73. The largest absolute Gasteiger partial charge is 0.497 e. The second-order valence-corrected chi connectivity index (χ2v) is 9.73. The van der Waals surface area contributed by atoms with Gasteiger partial charge in [-0.2, -0.15) is 0 Å². The van der Waals surface area contributed by atoms with Crippen LogP contribution in [-0.2, 0) is 25.7 Å². The molecule has 5 heteroatoms. The average Bonchev–Trinajstić information content (AvgIpc) is 2.97. The summed E-state index contributed by atoms with van der Waals surface area (Å²) in [5, 5.41) is 7.21. The molecule has 2 N–H and O–H groups in total. The van der Waals surface area contributed by atoms with Gasteiger partial charge in [-0.1, -0.05) is 55.3 Å². The molecule has 0 radical (unpaired) electrons. The van der Waals surface area contributed by atoms with Gasteiger partial charge in [0.15, 0.2) is 11.5 Å². The molecule has 0 spiro atoms. The Morgan fingerprint density at radius 2 is 1.11 bits per heavy atom. The minimum Gasteiger partial charge on any atom is -0.497 e. The number of ether oxygens (including phenoxy) is 3. The number of aryl methyl sites for hydroxylation is 2. The molecule has 0 aromatic heterocycles.